The van der Waals surface area contributed by atoms with Gasteiger partial charge in [-0.1, -0.05) is 30.3 Å². The molecular formula is C24H28FNO6. The summed E-state index contributed by atoms with van der Waals surface area (Å²) in [5.74, 6) is -1.84. The van der Waals surface area contributed by atoms with E-state index in [0.717, 1.165) is 17.7 Å². The number of ketones is 1. The van der Waals surface area contributed by atoms with Crippen LogP contribution in [0.15, 0.2) is 54.6 Å². The van der Waals surface area contributed by atoms with Crippen LogP contribution in [0.25, 0.3) is 0 Å². The van der Waals surface area contributed by atoms with Gasteiger partial charge < -0.3 is 19.5 Å². The predicted octanol–water partition coefficient (Wildman–Crippen LogP) is 4.05. The van der Waals surface area contributed by atoms with E-state index in [1.54, 1.807) is 27.7 Å². The van der Waals surface area contributed by atoms with E-state index in [9.17, 15) is 18.8 Å². The summed E-state index contributed by atoms with van der Waals surface area (Å²) in [6, 6.07) is 13.0. The molecule has 2 aromatic rings. The number of halogens is 1. The Bertz CT molecular complexity index is 908. The molecule has 8 heteroatoms. The fourth-order valence-corrected chi connectivity index (χ4v) is 2.65. The highest BCUT2D eigenvalue weighted by Crippen LogP contribution is 2.11. The van der Waals surface area contributed by atoms with Crippen LogP contribution in [-0.2, 0) is 25.6 Å². The molecule has 7 nitrogen and oxygen atoms in total. The van der Waals surface area contributed by atoms with E-state index in [1.807, 2.05) is 30.3 Å². The van der Waals surface area contributed by atoms with Gasteiger partial charge >= 0.3 is 12.1 Å². The van der Waals surface area contributed by atoms with Gasteiger partial charge in [-0.3, -0.25) is 4.79 Å². The average Bonchev–Trinajstić information content (AvgIpc) is 2.74. The minimum atomic E-state index is -1.21. The van der Waals surface area contributed by atoms with Crippen LogP contribution in [0.5, 0.6) is 0 Å². The van der Waals surface area contributed by atoms with E-state index in [1.165, 1.54) is 12.1 Å². The van der Waals surface area contributed by atoms with E-state index < -0.39 is 48.0 Å². The Morgan fingerprint density at radius 3 is 2.22 bits per heavy atom. The highest BCUT2D eigenvalue weighted by molar-refractivity contribution is 5.98. The van der Waals surface area contributed by atoms with Crippen molar-refractivity contribution in [2.24, 2.45) is 0 Å². The number of rotatable bonds is 9. The topological polar surface area (TPSA) is 90.9 Å². The lowest BCUT2D eigenvalue weighted by Gasteiger charge is -2.26. The number of ether oxygens (including phenoxy) is 3. The number of carbonyl (C=O) groups excluding carboxylic acids is 3. The van der Waals surface area contributed by atoms with Gasteiger partial charge in [0.25, 0.3) is 0 Å². The maximum atomic E-state index is 13.0. The Hall–Kier alpha value is -3.26. The van der Waals surface area contributed by atoms with Gasteiger partial charge in [0.15, 0.2) is 18.4 Å². The molecule has 172 valence electrons. The summed E-state index contributed by atoms with van der Waals surface area (Å²) < 4.78 is 29.1. The molecule has 0 saturated carbocycles. The molecule has 0 radical (unpaired) electrons. The number of nitrogens with one attached hydrogen (secondary N) is 1. The van der Waals surface area contributed by atoms with Crippen LogP contribution >= 0.6 is 0 Å². The molecule has 2 rings (SSSR count). The summed E-state index contributed by atoms with van der Waals surface area (Å²) >= 11 is 0. The fraction of sp³-hybridized carbons (Fsp3) is 0.375. The molecular weight excluding hydrogens is 417 g/mol. The van der Waals surface area contributed by atoms with Crippen LogP contribution in [0.2, 0.25) is 0 Å². The lowest BCUT2D eigenvalue weighted by Crippen LogP contribution is -2.51. The first-order chi connectivity index (χ1) is 15.0. The summed E-state index contributed by atoms with van der Waals surface area (Å²) in [6.07, 6.45) is -1.60. The maximum absolute atomic E-state index is 13.0. The summed E-state index contributed by atoms with van der Waals surface area (Å²) in [4.78, 5) is 37.2. The molecule has 0 aromatic heterocycles. The molecule has 0 saturated heterocycles. The Kier molecular flexibility index (Phi) is 8.90. The highest BCUT2D eigenvalue weighted by atomic mass is 19.1. The smallest absolute Gasteiger partial charge is 0.408 e. The van der Waals surface area contributed by atoms with Crippen LogP contribution in [0.4, 0.5) is 9.18 Å². The summed E-state index contributed by atoms with van der Waals surface area (Å²) in [7, 11) is 0. The fourth-order valence-electron chi connectivity index (χ4n) is 2.65. The van der Waals surface area contributed by atoms with Crippen molar-refractivity contribution in [2.75, 3.05) is 6.61 Å². The van der Waals surface area contributed by atoms with Crippen molar-refractivity contribution in [2.45, 2.75) is 52.0 Å². The molecule has 0 spiro atoms. The van der Waals surface area contributed by atoms with Gasteiger partial charge in [0.05, 0.1) is 12.7 Å². The second-order valence-corrected chi connectivity index (χ2v) is 8.16. The van der Waals surface area contributed by atoms with Crippen LogP contribution < -0.4 is 5.32 Å². The van der Waals surface area contributed by atoms with Crippen molar-refractivity contribution >= 4 is 17.8 Å². The Morgan fingerprint density at radius 1 is 1.00 bits per heavy atom. The molecule has 0 aliphatic rings. The Morgan fingerprint density at radius 2 is 1.62 bits per heavy atom. The van der Waals surface area contributed by atoms with E-state index in [4.69, 9.17) is 14.2 Å². The number of hydrogen-bond acceptors (Lipinski definition) is 6. The van der Waals surface area contributed by atoms with Crippen molar-refractivity contribution in [1.82, 2.24) is 5.32 Å². The van der Waals surface area contributed by atoms with E-state index in [-0.39, 0.29) is 12.2 Å². The minimum absolute atomic E-state index is 0.198. The van der Waals surface area contributed by atoms with Gasteiger partial charge in [-0.2, -0.15) is 0 Å². The lowest BCUT2D eigenvalue weighted by molar-refractivity contribution is -0.149. The predicted molar refractivity (Wildman–Crippen MR) is 116 cm³/mol. The van der Waals surface area contributed by atoms with Crippen LogP contribution in [0.1, 0.15) is 43.6 Å². The zero-order valence-corrected chi connectivity index (χ0v) is 18.6. The van der Waals surface area contributed by atoms with Gasteiger partial charge in [-0.05, 0) is 57.5 Å². The number of alkyl carbamates (subject to hydrolysis) is 1. The third-order valence-electron chi connectivity index (χ3n) is 4.26. The third-order valence-corrected chi connectivity index (χ3v) is 4.26. The first-order valence-corrected chi connectivity index (χ1v) is 10.2. The minimum Gasteiger partial charge on any atom is -0.456 e. The SMILES string of the molecule is C[C@@H](OCc1ccccc1)[C@H](NC(=O)OC(C)(C)C)C(=O)OCC(=O)c1ccc(F)cc1. The second-order valence-electron chi connectivity index (χ2n) is 8.16. The Balaban J connectivity index is 2.03. The van der Waals surface area contributed by atoms with E-state index in [2.05, 4.69) is 5.32 Å². The first kappa shape index (κ1) is 25.0. The van der Waals surface area contributed by atoms with Gasteiger partial charge in [-0.15, -0.1) is 0 Å². The molecule has 2 atom stereocenters. The lowest BCUT2D eigenvalue weighted by atomic mass is 10.1. The zero-order chi connectivity index (χ0) is 23.7. The van der Waals surface area contributed by atoms with Crippen LogP contribution in [-0.4, -0.2) is 42.2 Å². The number of carbonyl (C=O) groups is 3. The number of Topliss-reactive ketones (excluding diaryl/α,β-unsaturated/α-hetero) is 1. The molecule has 0 aliphatic carbocycles. The molecule has 1 amide bonds. The maximum Gasteiger partial charge on any atom is 0.408 e. The van der Waals surface area contributed by atoms with Crippen molar-refractivity contribution in [3.05, 3.63) is 71.5 Å². The first-order valence-electron chi connectivity index (χ1n) is 10.2. The van der Waals surface area contributed by atoms with Gasteiger partial charge in [0, 0.05) is 5.56 Å². The molecule has 32 heavy (non-hydrogen) atoms. The summed E-state index contributed by atoms with van der Waals surface area (Å²) in [6.45, 7) is 6.32. The molecule has 0 aliphatic heterocycles. The van der Waals surface area contributed by atoms with Gasteiger partial charge in [0.1, 0.15) is 11.4 Å². The largest absolute Gasteiger partial charge is 0.456 e. The van der Waals surface area contributed by atoms with Crippen molar-refractivity contribution in [3.63, 3.8) is 0 Å². The molecule has 0 unspecified atom stereocenters. The number of benzene rings is 2. The number of esters is 1. The molecule has 1 N–H and O–H groups in total. The van der Waals surface area contributed by atoms with E-state index in [0.29, 0.717) is 0 Å². The highest BCUT2D eigenvalue weighted by Gasteiger charge is 2.31. The monoisotopic (exact) mass is 445 g/mol. The summed E-state index contributed by atoms with van der Waals surface area (Å²) in [5, 5.41) is 2.46. The second kappa shape index (κ2) is 11.4. The molecule has 2 aromatic carbocycles. The normalized spacial score (nSPS) is 13.0. The number of amides is 1. The van der Waals surface area contributed by atoms with Crippen molar-refractivity contribution < 1.29 is 33.0 Å². The molecule has 0 bridgehead atoms. The van der Waals surface area contributed by atoms with Gasteiger partial charge in [0.2, 0.25) is 0 Å². The Labute approximate surface area is 186 Å². The zero-order valence-electron chi connectivity index (χ0n) is 18.6. The summed E-state index contributed by atoms with van der Waals surface area (Å²) in [5.41, 5.74) is 0.310. The molecule has 0 heterocycles. The van der Waals surface area contributed by atoms with E-state index >= 15 is 0 Å². The standard InChI is InChI=1S/C24H28FNO6/c1-16(30-14-17-8-6-5-7-9-17)21(26-23(29)32-24(2,3)4)22(28)31-15-20(27)18-10-12-19(25)13-11-18/h5-13,16,21H,14-15H2,1-4H3,(H,26,29)/t16-,21+/m1/s1. The average molecular weight is 445 g/mol. The third kappa shape index (κ3) is 8.47. The van der Waals surface area contributed by atoms with Crippen molar-refractivity contribution in [1.29, 1.82) is 0 Å². The quantitative estimate of drug-likeness (QED) is 0.463. The van der Waals surface area contributed by atoms with Crippen molar-refractivity contribution in [3.8, 4) is 0 Å². The van der Waals surface area contributed by atoms with Crippen LogP contribution in [0, 0.1) is 5.82 Å². The van der Waals surface area contributed by atoms with Crippen LogP contribution in [0.3, 0.4) is 0 Å². The van der Waals surface area contributed by atoms with Gasteiger partial charge in [-0.25, -0.2) is 14.0 Å². The molecule has 0 fully saturated rings. The number of hydrogen-bond donors (Lipinski definition) is 1.